The zero-order chi connectivity index (χ0) is 24.9. The fraction of sp³-hybridized carbons (Fsp3) is 0.519. The molecule has 0 saturated carbocycles. The molecule has 0 radical (unpaired) electrons. The Morgan fingerprint density at radius 1 is 1.14 bits per heavy atom. The van der Waals surface area contributed by atoms with Crippen molar-refractivity contribution in [2.24, 2.45) is 0 Å². The summed E-state index contributed by atoms with van der Waals surface area (Å²) in [6.07, 6.45) is 0.991. The lowest BCUT2D eigenvalue weighted by molar-refractivity contribution is -0.158. The molecule has 194 valence electrons. The Morgan fingerprint density at radius 2 is 2.00 bits per heavy atom. The summed E-state index contributed by atoms with van der Waals surface area (Å²) in [5, 5.41) is 13.4. The second-order valence-electron chi connectivity index (χ2n) is 9.54. The normalized spacial score (nSPS) is 25.9. The number of hydrogen-bond acceptors (Lipinski definition) is 8. The number of β-amino-alcohol motifs (C(OH)–C–C–N with tert-alkyl or cyclic N) is 1. The van der Waals surface area contributed by atoms with E-state index in [1.807, 2.05) is 42.5 Å². The van der Waals surface area contributed by atoms with Gasteiger partial charge in [-0.25, -0.2) is 0 Å². The summed E-state index contributed by atoms with van der Waals surface area (Å²) in [6, 6.07) is 13.7. The number of hydrogen-bond donors (Lipinski definition) is 2. The summed E-state index contributed by atoms with van der Waals surface area (Å²) in [4.78, 5) is 15.0. The SMILES string of the molecule is COc1ccccc1CNC(=O)C[C@@H]1CC[C@@H]2[C@H](COC[C@@H](O)CN2Cc2ccc3c(c2)OCO3)O1. The van der Waals surface area contributed by atoms with E-state index in [9.17, 15) is 9.90 Å². The first kappa shape index (κ1) is 24.8. The maximum atomic E-state index is 12.7. The average molecular weight is 499 g/mol. The first-order chi connectivity index (χ1) is 17.6. The first-order valence-electron chi connectivity index (χ1n) is 12.5. The Labute approximate surface area is 211 Å². The van der Waals surface area contributed by atoms with E-state index in [0.29, 0.717) is 32.7 Å². The van der Waals surface area contributed by atoms with Crippen molar-refractivity contribution in [2.45, 2.75) is 56.7 Å². The van der Waals surface area contributed by atoms with Gasteiger partial charge in [0.15, 0.2) is 11.5 Å². The number of nitrogens with one attached hydrogen (secondary N) is 1. The number of fused-ring (bicyclic) bond motifs is 2. The number of para-hydroxylation sites is 1. The van der Waals surface area contributed by atoms with E-state index in [1.165, 1.54) is 0 Å². The maximum Gasteiger partial charge on any atom is 0.231 e. The minimum absolute atomic E-state index is 0.0521. The van der Waals surface area contributed by atoms with Gasteiger partial charge in [0.2, 0.25) is 12.7 Å². The molecule has 9 heteroatoms. The molecule has 4 atom stereocenters. The van der Waals surface area contributed by atoms with E-state index in [1.54, 1.807) is 7.11 Å². The second kappa shape index (κ2) is 11.5. The van der Waals surface area contributed by atoms with Crippen LogP contribution in [0, 0.1) is 0 Å². The van der Waals surface area contributed by atoms with Crippen molar-refractivity contribution in [2.75, 3.05) is 33.7 Å². The fourth-order valence-corrected chi connectivity index (χ4v) is 5.22. The molecule has 0 spiro atoms. The van der Waals surface area contributed by atoms with E-state index < -0.39 is 6.10 Å². The summed E-state index contributed by atoms with van der Waals surface area (Å²) >= 11 is 0. The van der Waals surface area contributed by atoms with E-state index in [0.717, 1.165) is 41.2 Å². The standard InChI is InChI=1S/C27H34N2O7/c1-32-23-5-3-2-4-19(23)12-28-27(31)11-21-7-8-22-26(36-21)16-33-15-20(30)14-29(22)13-18-6-9-24-25(10-18)35-17-34-24/h2-6,9-10,20-22,26,30H,7-8,11-17H2,1H3,(H,28,31)/t20-,21-,22+,26-/m0/s1. The third-order valence-corrected chi connectivity index (χ3v) is 6.99. The van der Waals surface area contributed by atoms with Crippen molar-refractivity contribution in [1.82, 2.24) is 10.2 Å². The number of rotatable bonds is 7. The number of ether oxygens (including phenoxy) is 5. The third-order valence-electron chi connectivity index (χ3n) is 6.99. The molecule has 36 heavy (non-hydrogen) atoms. The molecule has 0 aliphatic carbocycles. The van der Waals surface area contributed by atoms with Crippen LogP contribution in [-0.4, -0.2) is 73.9 Å². The fourth-order valence-electron chi connectivity index (χ4n) is 5.22. The molecule has 3 aliphatic heterocycles. The van der Waals surface area contributed by atoms with Gasteiger partial charge in [0.1, 0.15) is 5.75 Å². The molecule has 0 aromatic heterocycles. The number of amides is 1. The summed E-state index contributed by atoms with van der Waals surface area (Å²) in [5.74, 6) is 2.21. The minimum atomic E-state index is -0.571. The van der Waals surface area contributed by atoms with Crippen LogP contribution in [0.25, 0.3) is 0 Å². The zero-order valence-electron chi connectivity index (χ0n) is 20.6. The summed E-state index contributed by atoms with van der Waals surface area (Å²) in [7, 11) is 1.62. The molecule has 2 saturated heterocycles. The van der Waals surface area contributed by atoms with E-state index >= 15 is 0 Å². The van der Waals surface area contributed by atoms with Crippen LogP contribution >= 0.6 is 0 Å². The number of carbonyl (C=O) groups is 1. The van der Waals surface area contributed by atoms with E-state index in [4.69, 9.17) is 23.7 Å². The van der Waals surface area contributed by atoms with Gasteiger partial charge in [-0.2, -0.15) is 0 Å². The Balaban J connectivity index is 1.19. The number of aliphatic hydroxyl groups is 1. The molecule has 0 unspecified atom stereocenters. The highest BCUT2D eigenvalue weighted by Crippen LogP contribution is 2.34. The van der Waals surface area contributed by atoms with Crippen LogP contribution in [0.4, 0.5) is 0 Å². The Bertz CT molecular complexity index is 1050. The summed E-state index contributed by atoms with van der Waals surface area (Å²) in [5.41, 5.74) is 2.02. The van der Waals surface area contributed by atoms with Crippen molar-refractivity contribution >= 4 is 5.91 Å². The van der Waals surface area contributed by atoms with Gasteiger partial charge in [-0.15, -0.1) is 0 Å². The van der Waals surface area contributed by atoms with Gasteiger partial charge in [-0.3, -0.25) is 9.69 Å². The highest BCUT2D eigenvalue weighted by Gasteiger charge is 2.38. The van der Waals surface area contributed by atoms with Crippen LogP contribution in [0.15, 0.2) is 42.5 Å². The Kier molecular flexibility index (Phi) is 7.91. The molecule has 2 aromatic rings. The van der Waals surface area contributed by atoms with Gasteiger partial charge in [-0.1, -0.05) is 24.3 Å². The van der Waals surface area contributed by atoms with Crippen LogP contribution in [0.2, 0.25) is 0 Å². The van der Waals surface area contributed by atoms with Gasteiger partial charge in [0.25, 0.3) is 0 Å². The molecule has 5 rings (SSSR count). The zero-order valence-corrected chi connectivity index (χ0v) is 20.6. The quantitative estimate of drug-likeness (QED) is 0.600. The molecular weight excluding hydrogens is 464 g/mol. The predicted octanol–water partition coefficient (Wildman–Crippen LogP) is 2.24. The summed E-state index contributed by atoms with van der Waals surface area (Å²) in [6.45, 7) is 2.44. The lowest BCUT2D eigenvalue weighted by atomic mass is 9.94. The lowest BCUT2D eigenvalue weighted by Crippen LogP contribution is -2.55. The molecule has 3 aliphatic rings. The Morgan fingerprint density at radius 3 is 2.89 bits per heavy atom. The van der Waals surface area contributed by atoms with Gasteiger partial charge >= 0.3 is 0 Å². The molecule has 1 amide bonds. The van der Waals surface area contributed by atoms with Crippen molar-refractivity contribution in [1.29, 1.82) is 0 Å². The second-order valence-corrected chi connectivity index (χ2v) is 9.54. The van der Waals surface area contributed by atoms with Gasteiger partial charge in [-0.05, 0) is 36.6 Å². The molecular formula is C27H34N2O7. The largest absolute Gasteiger partial charge is 0.496 e. The monoisotopic (exact) mass is 498 g/mol. The van der Waals surface area contributed by atoms with Gasteiger partial charge in [0.05, 0.1) is 45.1 Å². The Hall–Kier alpha value is -2.85. The smallest absolute Gasteiger partial charge is 0.231 e. The average Bonchev–Trinajstić information content (AvgIpc) is 3.34. The molecule has 3 heterocycles. The van der Waals surface area contributed by atoms with Crippen molar-refractivity contribution < 1.29 is 33.6 Å². The molecule has 9 nitrogen and oxygen atoms in total. The highest BCUT2D eigenvalue weighted by atomic mass is 16.7. The molecule has 2 aromatic carbocycles. The third kappa shape index (κ3) is 5.92. The topological polar surface area (TPSA) is 98.7 Å². The minimum Gasteiger partial charge on any atom is -0.496 e. The highest BCUT2D eigenvalue weighted by molar-refractivity contribution is 5.76. The molecule has 2 fully saturated rings. The predicted molar refractivity (Wildman–Crippen MR) is 131 cm³/mol. The lowest BCUT2D eigenvalue weighted by Gasteiger charge is -2.44. The van der Waals surface area contributed by atoms with Gasteiger partial charge in [0, 0.05) is 31.2 Å². The molecule has 0 bridgehead atoms. The van der Waals surface area contributed by atoms with Crippen LogP contribution in [0.3, 0.4) is 0 Å². The number of methoxy groups -OCH3 is 1. The van der Waals surface area contributed by atoms with Crippen molar-refractivity contribution in [3.8, 4) is 17.2 Å². The van der Waals surface area contributed by atoms with Crippen LogP contribution in [0.5, 0.6) is 17.2 Å². The van der Waals surface area contributed by atoms with Crippen molar-refractivity contribution in [3.05, 3.63) is 53.6 Å². The summed E-state index contributed by atoms with van der Waals surface area (Å²) < 4.78 is 28.5. The van der Waals surface area contributed by atoms with E-state index in [2.05, 4.69) is 10.2 Å². The number of benzene rings is 2. The van der Waals surface area contributed by atoms with Crippen LogP contribution in [0.1, 0.15) is 30.4 Å². The molecule has 2 N–H and O–H groups in total. The number of aliphatic hydroxyl groups excluding tert-OH is 1. The first-order valence-corrected chi connectivity index (χ1v) is 12.5. The van der Waals surface area contributed by atoms with E-state index in [-0.39, 0.29) is 37.6 Å². The van der Waals surface area contributed by atoms with Crippen LogP contribution < -0.4 is 19.5 Å². The van der Waals surface area contributed by atoms with Crippen LogP contribution in [-0.2, 0) is 27.4 Å². The number of carbonyl (C=O) groups excluding carboxylic acids is 1. The maximum absolute atomic E-state index is 12.7. The van der Waals surface area contributed by atoms with Gasteiger partial charge < -0.3 is 34.1 Å². The van der Waals surface area contributed by atoms with Crippen molar-refractivity contribution in [3.63, 3.8) is 0 Å². The number of nitrogens with zero attached hydrogens (tertiary/aromatic N) is 1.